The Hall–Kier alpha value is -0.950. The molecular weight excluding hydrogens is 266 g/mol. The van der Waals surface area contributed by atoms with Gasteiger partial charge in [0.1, 0.15) is 15.7 Å². The normalized spacial score (nSPS) is 27.1. The quantitative estimate of drug-likeness (QED) is 0.852. The van der Waals surface area contributed by atoms with Crippen LogP contribution in [-0.2, 0) is 16.4 Å². The molecule has 0 amide bonds. The topological polar surface area (TPSA) is 85.1 Å². The molecule has 7 heteroatoms. The molecule has 6 nitrogen and oxygen atoms in total. The van der Waals surface area contributed by atoms with Gasteiger partial charge < -0.3 is 5.11 Å². The van der Waals surface area contributed by atoms with Gasteiger partial charge in [0.05, 0.1) is 18.1 Å². The number of aryl methyl sites for hydroxylation is 1. The van der Waals surface area contributed by atoms with E-state index in [4.69, 9.17) is 0 Å². The summed E-state index contributed by atoms with van der Waals surface area (Å²) in [6.45, 7) is 0.959. The Labute approximate surface area is 112 Å². The van der Waals surface area contributed by atoms with Gasteiger partial charge in [0, 0.05) is 18.4 Å². The van der Waals surface area contributed by atoms with Crippen LogP contribution in [0, 0.1) is 0 Å². The van der Waals surface area contributed by atoms with Crippen molar-refractivity contribution >= 4 is 9.84 Å². The lowest BCUT2D eigenvalue weighted by Crippen LogP contribution is -2.22. The maximum atomic E-state index is 11.4. The standard InChI is InChI=1S/C12H19N3O3S/c16-8-10-2-1-5-15-12(10)13-11(14-15)9-3-6-19(17,18)7-4-9/h9-10,16H,1-8H2. The minimum atomic E-state index is -2.84. The molecule has 1 N–H and O–H groups in total. The molecule has 1 saturated heterocycles. The summed E-state index contributed by atoms with van der Waals surface area (Å²) >= 11 is 0. The molecule has 0 spiro atoms. The molecule has 0 bridgehead atoms. The van der Waals surface area contributed by atoms with Gasteiger partial charge in [-0.15, -0.1) is 0 Å². The van der Waals surface area contributed by atoms with E-state index in [1.807, 2.05) is 4.68 Å². The van der Waals surface area contributed by atoms with Crippen LogP contribution >= 0.6 is 0 Å². The second-order valence-corrected chi connectivity index (χ2v) is 7.80. The Morgan fingerprint density at radius 1 is 1.26 bits per heavy atom. The molecule has 0 radical (unpaired) electrons. The number of sulfone groups is 1. The first-order valence-corrected chi connectivity index (χ1v) is 8.67. The highest BCUT2D eigenvalue weighted by molar-refractivity contribution is 7.91. The summed E-state index contributed by atoms with van der Waals surface area (Å²) in [6.07, 6.45) is 3.21. The highest BCUT2D eigenvalue weighted by atomic mass is 32.2. The molecular formula is C12H19N3O3S. The number of hydrogen-bond donors (Lipinski definition) is 1. The molecule has 1 aromatic rings. The number of hydrogen-bond acceptors (Lipinski definition) is 5. The second kappa shape index (κ2) is 4.86. The molecule has 19 heavy (non-hydrogen) atoms. The number of fused-ring (bicyclic) bond motifs is 1. The summed E-state index contributed by atoms with van der Waals surface area (Å²) in [5, 5.41) is 13.9. The molecule has 2 aliphatic rings. The molecule has 1 atom stereocenters. The predicted molar refractivity (Wildman–Crippen MR) is 69.7 cm³/mol. The van der Waals surface area contributed by atoms with Crippen LogP contribution < -0.4 is 0 Å². The van der Waals surface area contributed by atoms with Gasteiger partial charge in [-0.1, -0.05) is 0 Å². The summed E-state index contributed by atoms with van der Waals surface area (Å²) in [5.74, 6) is 2.36. The molecule has 1 aromatic heterocycles. The van der Waals surface area contributed by atoms with Crippen LogP contribution in [0.25, 0.3) is 0 Å². The van der Waals surface area contributed by atoms with E-state index >= 15 is 0 Å². The van der Waals surface area contributed by atoms with Crippen molar-refractivity contribution in [3.63, 3.8) is 0 Å². The monoisotopic (exact) mass is 285 g/mol. The van der Waals surface area contributed by atoms with E-state index in [0.29, 0.717) is 12.8 Å². The van der Waals surface area contributed by atoms with Crippen LogP contribution in [0.4, 0.5) is 0 Å². The Bertz CT molecular complexity index is 553. The van der Waals surface area contributed by atoms with Gasteiger partial charge in [-0.05, 0) is 25.7 Å². The molecule has 1 unspecified atom stereocenters. The van der Waals surface area contributed by atoms with Gasteiger partial charge in [0.2, 0.25) is 0 Å². The smallest absolute Gasteiger partial charge is 0.154 e. The largest absolute Gasteiger partial charge is 0.396 e. The molecule has 0 aromatic carbocycles. The zero-order valence-corrected chi connectivity index (χ0v) is 11.6. The zero-order valence-electron chi connectivity index (χ0n) is 10.8. The molecule has 106 valence electrons. The van der Waals surface area contributed by atoms with Gasteiger partial charge in [0.15, 0.2) is 5.82 Å². The van der Waals surface area contributed by atoms with Crippen molar-refractivity contribution in [2.75, 3.05) is 18.1 Å². The van der Waals surface area contributed by atoms with Crippen LogP contribution in [0.15, 0.2) is 0 Å². The number of aliphatic hydroxyl groups excluding tert-OH is 1. The van der Waals surface area contributed by atoms with Crippen LogP contribution in [0.5, 0.6) is 0 Å². The minimum Gasteiger partial charge on any atom is -0.396 e. The second-order valence-electron chi connectivity index (χ2n) is 5.50. The lowest BCUT2D eigenvalue weighted by atomic mass is 10.00. The Balaban J connectivity index is 1.81. The van der Waals surface area contributed by atoms with Crippen molar-refractivity contribution in [2.24, 2.45) is 0 Å². The number of nitrogens with zero attached hydrogens (tertiary/aromatic N) is 3. The number of aliphatic hydroxyl groups is 1. The van der Waals surface area contributed by atoms with Crippen molar-refractivity contribution in [3.8, 4) is 0 Å². The third kappa shape index (κ3) is 2.53. The molecule has 1 fully saturated rings. The highest BCUT2D eigenvalue weighted by Gasteiger charge is 2.30. The van der Waals surface area contributed by atoms with Crippen LogP contribution in [0.3, 0.4) is 0 Å². The SMILES string of the molecule is O=S1(=O)CCC(c2nc3n(n2)CCCC3CO)CC1. The van der Waals surface area contributed by atoms with Gasteiger partial charge in [-0.3, -0.25) is 0 Å². The Morgan fingerprint density at radius 2 is 2.00 bits per heavy atom. The van der Waals surface area contributed by atoms with E-state index in [1.54, 1.807) is 0 Å². The highest BCUT2D eigenvalue weighted by Crippen LogP contribution is 2.30. The fourth-order valence-corrected chi connectivity index (χ4v) is 4.44. The summed E-state index contributed by atoms with van der Waals surface area (Å²) in [6, 6.07) is 0. The third-order valence-corrected chi connectivity index (χ3v) is 5.86. The van der Waals surface area contributed by atoms with E-state index in [0.717, 1.165) is 31.0 Å². The van der Waals surface area contributed by atoms with Crippen molar-refractivity contribution in [3.05, 3.63) is 11.6 Å². The van der Waals surface area contributed by atoms with Crippen molar-refractivity contribution in [2.45, 2.75) is 44.1 Å². The molecule has 3 heterocycles. The molecule has 2 aliphatic heterocycles. The average Bonchev–Trinajstić information content (AvgIpc) is 2.82. The van der Waals surface area contributed by atoms with Crippen LogP contribution in [-0.4, -0.2) is 46.4 Å². The lowest BCUT2D eigenvalue weighted by molar-refractivity contribution is 0.234. The first-order valence-electron chi connectivity index (χ1n) is 6.85. The first kappa shape index (κ1) is 13.1. The fourth-order valence-electron chi connectivity index (χ4n) is 2.95. The summed E-state index contributed by atoms with van der Waals surface area (Å²) in [5.41, 5.74) is 0. The van der Waals surface area contributed by atoms with Gasteiger partial charge in [0.25, 0.3) is 0 Å². The third-order valence-electron chi connectivity index (χ3n) is 4.14. The van der Waals surface area contributed by atoms with Gasteiger partial charge >= 0.3 is 0 Å². The van der Waals surface area contributed by atoms with E-state index in [9.17, 15) is 13.5 Å². The summed E-state index contributed by atoms with van der Waals surface area (Å²) in [4.78, 5) is 4.57. The molecule has 0 aliphatic carbocycles. The van der Waals surface area contributed by atoms with Gasteiger partial charge in [-0.25, -0.2) is 18.1 Å². The molecule has 0 saturated carbocycles. The van der Waals surface area contributed by atoms with Crippen LogP contribution in [0.2, 0.25) is 0 Å². The minimum absolute atomic E-state index is 0.0855. The van der Waals surface area contributed by atoms with E-state index in [1.165, 1.54) is 0 Å². The van der Waals surface area contributed by atoms with Crippen molar-refractivity contribution < 1.29 is 13.5 Å². The van der Waals surface area contributed by atoms with E-state index < -0.39 is 9.84 Å². The average molecular weight is 285 g/mol. The summed E-state index contributed by atoms with van der Waals surface area (Å²) < 4.78 is 24.8. The lowest BCUT2D eigenvalue weighted by Gasteiger charge is -2.19. The Morgan fingerprint density at radius 3 is 2.68 bits per heavy atom. The zero-order chi connectivity index (χ0) is 13.5. The van der Waals surface area contributed by atoms with E-state index in [-0.39, 0.29) is 29.9 Å². The van der Waals surface area contributed by atoms with Crippen LogP contribution in [0.1, 0.15) is 49.2 Å². The van der Waals surface area contributed by atoms with Gasteiger partial charge in [-0.2, -0.15) is 5.10 Å². The Kier molecular flexibility index (Phi) is 3.34. The van der Waals surface area contributed by atoms with E-state index in [2.05, 4.69) is 10.1 Å². The van der Waals surface area contributed by atoms with Crippen molar-refractivity contribution in [1.82, 2.24) is 14.8 Å². The van der Waals surface area contributed by atoms with Crippen molar-refractivity contribution in [1.29, 1.82) is 0 Å². The number of aromatic nitrogens is 3. The maximum absolute atomic E-state index is 11.4. The maximum Gasteiger partial charge on any atom is 0.154 e. The first-order chi connectivity index (χ1) is 9.09. The number of rotatable bonds is 2. The summed E-state index contributed by atoms with van der Waals surface area (Å²) in [7, 11) is -2.84. The molecule has 3 rings (SSSR count). The fraction of sp³-hybridized carbons (Fsp3) is 0.833. The predicted octanol–water partition coefficient (Wildman–Crippen LogP) is 0.440.